The lowest BCUT2D eigenvalue weighted by atomic mass is 10.0. The van der Waals surface area contributed by atoms with Crippen molar-refractivity contribution in [3.63, 3.8) is 0 Å². The summed E-state index contributed by atoms with van der Waals surface area (Å²) in [5, 5.41) is 4.51. The Bertz CT molecular complexity index is 1660. The van der Waals surface area contributed by atoms with E-state index in [1.807, 2.05) is 30.3 Å². The summed E-state index contributed by atoms with van der Waals surface area (Å²) in [6.45, 7) is -0.0587. The van der Waals surface area contributed by atoms with Gasteiger partial charge in [-0.2, -0.15) is 0 Å². The Morgan fingerprint density at radius 2 is 1.77 bits per heavy atom. The SMILES string of the molecule is Cn1cc(-c2c(-c3ccccc3)nc(N)n3c(=O)n(Cc4ccc(C(F)F)cn4)nc23)ccc1=O. The number of hydrogen-bond donors (Lipinski definition) is 1. The highest BCUT2D eigenvalue weighted by atomic mass is 19.3. The summed E-state index contributed by atoms with van der Waals surface area (Å²) in [5.74, 6) is -0.0651. The van der Waals surface area contributed by atoms with Gasteiger partial charge in [-0.1, -0.05) is 30.3 Å². The van der Waals surface area contributed by atoms with Gasteiger partial charge in [0.15, 0.2) is 5.65 Å². The Labute approximate surface area is 196 Å². The van der Waals surface area contributed by atoms with Crippen LogP contribution in [0.1, 0.15) is 17.7 Å². The molecule has 0 saturated heterocycles. The number of hydrogen-bond acceptors (Lipinski definition) is 6. The summed E-state index contributed by atoms with van der Waals surface area (Å²) < 4.78 is 29.5. The van der Waals surface area contributed by atoms with Crippen molar-refractivity contribution in [2.75, 3.05) is 5.73 Å². The molecular weight excluding hydrogens is 456 g/mol. The van der Waals surface area contributed by atoms with Crippen molar-refractivity contribution in [3.8, 4) is 22.4 Å². The summed E-state index contributed by atoms with van der Waals surface area (Å²) in [6.07, 6.45) is 0.0668. The maximum absolute atomic E-state index is 13.2. The molecule has 0 unspecified atom stereocenters. The number of nitrogen functional groups attached to an aromatic ring is 1. The predicted octanol–water partition coefficient (Wildman–Crippen LogP) is 2.89. The molecule has 4 heterocycles. The number of benzene rings is 1. The van der Waals surface area contributed by atoms with Gasteiger partial charge in [0.1, 0.15) is 0 Å². The molecule has 11 heteroatoms. The molecule has 35 heavy (non-hydrogen) atoms. The van der Waals surface area contributed by atoms with Gasteiger partial charge in [-0.3, -0.25) is 9.78 Å². The Balaban J connectivity index is 1.74. The summed E-state index contributed by atoms with van der Waals surface area (Å²) in [5.41, 5.74) is 8.20. The first-order chi connectivity index (χ1) is 16.8. The van der Waals surface area contributed by atoms with E-state index in [1.54, 1.807) is 19.3 Å². The van der Waals surface area contributed by atoms with E-state index in [-0.39, 0.29) is 29.3 Å². The van der Waals surface area contributed by atoms with Crippen LogP contribution in [-0.4, -0.2) is 28.7 Å². The molecule has 0 fully saturated rings. The second kappa shape index (κ2) is 8.60. The molecule has 0 aliphatic rings. The van der Waals surface area contributed by atoms with E-state index in [4.69, 9.17) is 5.73 Å². The molecule has 5 aromatic rings. The highest BCUT2D eigenvalue weighted by Crippen LogP contribution is 2.33. The van der Waals surface area contributed by atoms with E-state index in [0.29, 0.717) is 22.5 Å². The molecule has 0 atom stereocenters. The fourth-order valence-electron chi connectivity index (χ4n) is 3.83. The Morgan fingerprint density at radius 1 is 1.00 bits per heavy atom. The van der Waals surface area contributed by atoms with Crippen LogP contribution in [0.5, 0.6) is 0 Å². The van der Waals surface area contributed by atoms with Crippen LogP contribution in [0.2, 0.25) is 0 Å². The van der Waals surface area contributed by atoms with E-state index < -0.39 is 12.1 Å². The molecule has 0 aliphatic heterocycles. The Morgan fingerprint density at radius 3 is 2.43 bits per heavy atom. The number of alkyl halides is 2. The van der Waals surface area contributed by atoms with Crippen LogP contribution in [-0.2, 0) is 13.6 Å². The Kier molecular flexibility index (Phi) is 5.44. The molecule has 0 radical (unpaired) electrons. The third-order valence-electron chi connectivity index (χ3n) is 5.59. The monoisotopic (exact) mass is 475 g/mol. The number of nitrogens with zero attached hydrogens (tertiary/aromatic N) is 6. The summed E-state index contributed by atoms with van der Waals surface area (Å²) >= 11 is 0. The lowest BCUT2D eigenvalue weighted by Crippen LogP contribution is -2.24. The second-order valence-corrected chi connectivity index (χ2v) is 7.91. The van der Waals surface area contributed by atoms with Crippen molar-refractivity contribution < 1.29 is 8.78 Å². The zero-order valence-electron chi connectivity index (χ0n) is 18.5. The largest absolute Gasteiger partial charge is 0.369 e. The first-order valence-electron chi connectivity index (χ1n) is 10.6. The summed E-state index contributed by atoms with van der Waals surface area (Å²) in [6, 6.07) is 15.0. The second-order valence-electron chi connectivity index (χ2n) is 7.91. The van der Waals surface area contributed by atoms with Gasteiger partial charge in [0, 0.05) is 42.2 Å². The number of rotatable bonds is 5. The van der Waals surface area contributed by atoms with Crippen LogP contribution in [0.3, 0.4) is 0 Å². The molecule has 0 aliphatic carbocycles. The minimum absolute atomic E-state index is 0.0587. The van der Waals surface area contributed by atoms with Crippen molar-refractivity contribution in [2.45, 2.75) is 13.0 Å². The van der Waals surface area contributed by atoms with Crippen LogP contribution in [0.15, 0.2) is 76.6 Å². The third-order valence-corrected chi connectivity index (χ3v) is 5.59. The van der Waals surface area contributed by atoms with Gasteiger partial charge in [-0.15, -0.1) is 5.10 Å². The van der Waals surface area contributed by atoms with Crippen molar-refractivity contribution >= 4 is 11.6 Å². The molecule has 0 bridgehead atoms. The third kappa shape index (κ3) is 3.97. The zero-order chi connectivity index (χ0) is 24.7. The van der Waals surface area contributed by atoms with Crippen LogP contribution < -0.4 is 17.0 Å². The van der Waals surface area contributed by atoms with E-state index in [0.717, 1.165) is 16.4 Å². The lowest BCUT2D eigenvalue weighted by molar-refractivity contribution is 0.151. The average molecular weight is 475 g/mol. The van der Waals surface area contributed by atoms with Gasteiger partial charge < -0.3 is 10.3 Å². The first-order valence-corrected chi connectivity index (χ1v) is 10.6. The van der Waals surface area contributed by atoms with Crippen LogP contribution in [0.4, 0.5) is 14.7 Å². The number of halogens is 2. The van der Waals surface area contributed by atoms with Gasteiger partial charge in [0.05, 0.1) is 23.5 Å². The highest BCUT2D eigenvalue weighted by Gasteiger charge is 2.22. The predicted molar refractivity (Wildman–Crippen MR) is 126 cm³/mol. The highest BCUT2D eigenvalue weighted by molar-refractivity contribution is 5.90. The molecular formula is C24H19F2N7O2. The smallest absolute Gasteiger partial charge is 0.353 e. The van der Waals surface area contributed by atoms with Crippen molar-refractivity contribution in [1.82, 2.24) is 28.7 Å². The summed E-state index contributed by atoms with van der Waals surface area (Å²) in [7, 11) is 1.62. The number of nitrogens with two attached hydrogens (primary N) is 1. The van der Waals surface area contributed by atoms with Crippen LogP contribution in [0, 0.1) is 0 Å². The number of aromatic nitrogens is 6. The molecule has 9 nitrogen and oxygen atoms in total. The number of fused-ring (bicyclic) bond motifs is 1. The zero-order valence-corrected chi connectivity index (χ0v) is 18.5. The molecule has 4 aromatic heterocycles. The van der Waals surface area contributed by atoms with Gasteiger partial charge in [0.2, 0.25) is 11.5 Å². The molecule has 176 valence electrons. The molecule has 2 N–H and O–H groups in total. The fraction of sp³-hybridized carbons (Fsp3) is 0.125. The quantitative estimate of drug-likeness (QED) is 0.418. The maximum Gasteiger partial charge on any atom is 0.353 e. The molecule has 0 amide bonds. The normalized spacial score (nSPS) is 11.4. The number of aryl methyl sites for hydroxylation is 1. The number of pyridine rings is 2. The topological polar surface area (TPSA) is 113 Å². The standard InChI is InChI=1S/C24H19F2N7O2/c1-31-12-16(8-10-18(31)34)19-20(14-5-3-2-4-6-14)29-23(27)33-22(19)30-32(24(33)35)13-17-9-7-15(11-28-17)21(25)26/h2-12,21H,13H2,1H3,(H2,27,29). The van der Waals surface area contributed by atoms with Crippen LogP contribution >= 0.6 is 0 Å². The number of anilines is 1. The molecule has 1 aromatic carbocycles. The van der Waals surface area contributed by atoms with Gasteiger partial charge >= 0.3 is 5.69 Å². The molecule has 0 spiro atoms. The summed E-state index contributed by atoms with van der Waals surface area (Å²) in [4.78, 5) is 33.8. The maximum atomic E-state index is 13.2. The van der Waals surface area contributed by atoms with Crippen molar-refractivity contribution in [2.24, 2.45) is 7.05 Å². The van der Waals surface area contributed by atoms with Crippen LogP contribution in [0.25, 0.3) is 28.0 Å². The minimum Gasteiger partial charge on any atom is -0.369 e. The van der Waals surface area contributed by atoms with Gasteiger partial charge in [-0.05, 0) is 18.2 Å². The minimum atomic E-state index is -2.64. The van der Waals surface area contributed by atoms with Crippen molar-refractivity contribution in [3.05, 3.63) is 99.1 Å². The van der Waals surface area contributed by atoms with Gasteiger partial charge in [-0.25, -0.2) is 27.6 Å². The lowest BCUT2D eigenvalue weighted by Gasteiger charge is -2.12. The molecule has 5 rings (SSSR count). The average Bonchev–Trinajstić information content (AvgIpc) is 3.18. The molecule has 0 saturated carbocycles. The fourth-order valence-corrected chi connectivity index (χ4v) is 3.83. The van der Waals surface area contributed by atoms with Crippen molar-refractivity contribution in [1.29, 1.82) is 0 Å². The Hall–Kier alpha value is -4.67. The van der Waals surface area contributed by atoms with E-state index in [2.05, 4.69) is 15.1 Å². The van der Waals surface area contributed by atoms with E-state index in [9.17, 15) is 18.4 Å². The van der Waals surface area contributed by atoms with E-state index in [1.165, 1.54) is 27.2 Å². The van der Waals surface area contributed by atoms with Gasteiger partial charge in [0.25, 0.3) is 6.43 Å². The van der Waals surface area contributed by atoms with E-state index >= 15 is 0 Å². The first kappa shape index (κ1) is 22.1.